The summed E-state index contributed by atoms with van der Waals surface area (Å²) < 4.78 is 12.9. The van der Waals surface area contributed by atoms with E-state index in [-0.39, 0.29) is 5.82 Å². The van der Waals surface area contributed by atoms with E-state index in [9.17, 15) is 4.39 Å². The first-order valence-electron chi connectivity index (χ1n) is 4.60. The molecule has 0 N–H and O–H groups in total. The second-order valence-corrected chi connectivity index (χ2v) is 3.69. The number of rotatable bonds is 2. The first-order chi connectivity index (χ1) is 7.24. The zero-order valence-corrected chi connectivity index (χ0v) is 8.71. The Morgan fingerprint density at radius 1 is 0.933 bits per heavy atom. The Bertz CT molecular complexity index is 422. The highest BCUT2D eigenvalue weighted by Crippen LogP contribution is 2.16. The van der Waals surface area contributed by atoms with Crippen molar-refractivity contribution in [2.75, 3.05) is 0 Å². The molecule has 15 heavy (non-hydrogen) atoms. The van der Waals surface area contributed by atoms with Gasteiger partial charge in [0.1, 0.15) is 5.82 Å². The van der Waals surface area contributed by atoms with Crippen LogP contribution in [0.2, 0.25) is 5.02 Å². The topological polar surface area (TPSA) is 0 Å². The lowest BCUT2D eigenvalue weighted by Gasteiger charge is -2.01. The molecule has 0 heterocycles. The number of hydrogen-bond donors (Lipinski definition) is 0. The first-order valence-corrected chi connectivity index (χ1v) is 4.98. The van der Waals surface area contributed by atoms with E-state index >= 15 is 0 Å². The van der Waals surface area contributed by atoms with Gasteiger partial charge in [-0.1, -0.05) is 35.9 Å². The lowest BCUT2D eigenvalue weighted by Crippen LogP contribution is -1.85. The highest BCUT2D eigenvalue weighted by Gasteiger charge is 1.98. The molecule has 2 aromatic carbocycles. The third-order valence-corrected chi connectivity index (χ3v) is 2.27. The fourth-order valence-electron chi connectivity index (χ4n) is 1.39. The van der Waals surface area contributed by atoms with Gasteiger partial charge in [-0.25, -0.2) is 4.39 Å². The maximum Gasteiger partial charge on any atom is 0.123 e. The van der Waals surface area contributed by atoms with Gasteiger partial charge in [0.05, 0.1) is 0 Å². The summed E-state index contributed by atoms with van der Waals surface area (Å²) >= 11 is 5.85. The van der Waals surface area contributed by atoms with E-state index in [1.165, 1.54) is 12.1 Å². The third-order valence-electron chi connectivity index (χ3n) is 2.03. The summed E-state index contributed by atoms with van der Waals surface area (Å²) in [7, 11) is 0. The molecule has 1 radical (unpaired) electrons. The molecule has 2 heteroatoms. The van der Waals surface area contributed by atoms with Crippen LogP contribution < -0.4 is 0 Å². The van der Waals surface area contributed by atoms with Gasteiger partial charge >= 0.3 is 0 Å². The van der Waals surface area contributed by atoms with E-state index in [0.29, 0.717) is 5.02 Å². The quantitative estimate of drug-likeness (QED) is 0.714. The minimum Gasteiger partial charge on any atom is -0.207 e. The molecule has 0 saturated carbocycles. The molecule has 0 bridgehead atoms. The molecular weight excluding hydrogens is 211 g/mol. The second-order valence-electron chi connectivity index (χ2n) is 3.25. The summed E-state index contributed by atoms with van der Waals surface area (Å²) in [6.07, 6.45) is 1.88. The lowest BCUT2D eigenvalue weighted by molar-refractivity contribution is 0.627. The van der Waals surface area contributed by atoms with Gasteiger partial charge in [0.25, 0.3) is 0 Å². The summed E-state index contributed by atoms with van der Waals surface area (Å²) in [5, 5.41) is 0.681. The average Bonchev–Trinajstić information content (AvgIpc) is 2.17. The van der Waals surface area contributed by atoms with Crippen LogP contribution in [0.4, 0.5) is 4.39 Å². The minimum atomic E-state index is -0.231. The monoisotopic (exact) mass is 219 g/mol. The van der Waals surface area contributed by atoms with Crippen LogP contribution in [-0.4, -0.2) is 0 Å². The largest absolute Gasteiger partial charge is 0.207 e. The molecule has 0 atom stereocenters. The molecule has 0 fully saturated rings. The van der Waals surface area contributed by atoms with Crippen LogP contribution in [0.25, 0.3) is 0 Å². The average molecular weight is 220 g/mol. The van der Waals surface area contributed by atoms with E-state index in [1.807, 2.05) is 36.8 Å². The van der Waals surface area contributed by atoms with Crippen molar-refractivity contribution >= 4 is 11.6 Å². The van der Waals surface area contributed by atoms with Crippen LogP contribution in [0.15, 0.2) is 48.5 Å². The van der Waals surface area contributed by atoms with Crippen molar-refractivity contribution in [3.8, 4) is 0 Å². The molecule has 0 saturated heterocycles. The molecule has 2 rings (SSSR count). The summed E-state index contributed by atoms with van der Waals surface area (Å²) in [5.74, 6) is -0.231. The summed E-state index contributed by atoms with van der Waals surface area (Å²) in [6.45, 7) is 0. The van der Waals surface area contributed by atoms with Crippen LogP contribution in [0.5, 0.6) is 0 Å². The molecule has 0 aromatic heterocycles. The summed E-state index contributed by atoms with van der Waals surface area (Å²) in [4.78, 5) is 0. The molecular formula is C13H9ClF. The van der Waals surface area contributed by atoms with Crippen LogP contribution in [0.1, 0.15) is 11.1 Å². The van der Waals surface area contributed by atoms with Crippen molar-refractivity contribution in [3.63, 3.8) is 0 Å². The van der Waals surface area contributed by atoms with Gasteiger partial charge in [-0.3, -0.25) is 0 Å². The Morgan fingerprint density at radius 3 is 2.27 bits per heavy atom. The fourth-order valence-corrected chi connectivity index (χ4v) is 1.58. The smallest absolute Gasteiger partial charge is 0.123 e. The van der Waals surface area contributed by atoms with Crippen LogP contribution in [0, 0.1) is 12.2 Å². The van der Waals surface area contributed by atoms with Crippen molar-refractivity contribution in [2.24, 2.45) is 0 Å². The van der Waals surface area contributed by atoms with Crippen LogP contribution in [-0.2, 0) is 0 Å². The third kappa shape index (κ3) is 2.80. The van der Waals surface area contributed by atoms with Gasteiger partial charge in [-0.15, -0.1) is 0 Å². The Labute approximate surface area is 93.3 Å². The lowest BCUT2D eigenvalue weighted by atomic mass is 10.1. The molecule has 0 aliphatic rings. The Morgan fingerprint density at radius 2 is 1.60 bits per heavy atom. The normalized spacial score (nSPS) is 10.3. The van der Waals surface area contributed by atoms with E-state index < -0.39 is 0 Å². The molecule has 0 aliphatic carbocycles. The van der Waals surface area contributed by atoms with Crippen LogP contribution in [0.3, 0.4) is 0 Å². The van der Waals surface area contributed by atoms with Gasteiger partial charge in [-0.05, 0) is 35.4 Å². The van der Waals surface area contributed by atoms with Crippen molar-refractivity contribution in [3.05, 3.63) is 76.9 Å². The molecule has 0 aliphatic heterocycles. The van der Waals surface area contributed by atoms with Gasteiger partial charge in [-0.2, -0.15) is 0 Å². The molecule has 0 unspecified atom stereocenters. The van der Waals surface area contributed by atoms with E-state index in [2.05, 4.69) is 0 Å². The molecule has 75 valence electrons. The Balaban J connectivity index is 2.22. The summed E-state index contributed by atoms with van der Waals surface area (Å²) in [6, 6.07) is 13.9. The number of halogens is 2. The minimum absolute atomic E-state index is 0.231. The molecule has 0 spiro atoms. The van der Waals surface area contributed by atoms with E-state index in [0.717, 1.165) is 11.1 Å². The second kappa shape index (κ2) is 4.45. The SMILES string of the molecule is Fc1cccc([CH]c2cccc(Cl)c2)c1. The molecule has 0 nitrogen and oxygen atoms in total. The molecule has 2 aromatic rings. The standard InChI is InChI=1S/C13H9ClF/c14-12-5-1-3-10(8-12)7-11-4-2-6-13(15)9-11/h1-9H. The van der Waals surface area contributed by atoms with Gasteiger partial charge in [0, 0.05) is 11.4 Å². The predicted octanol–water partition coefficient (Wildman–Crippen LogP) is 4.08. The number of hydrogen-bond acceptors (Lipinski definition) is 0. The maximum absolute atomic E-state index is 12.9. The van der Waals surface area contributed by atoms with Gasteiger partial charge in [0.15, 0.2) is 0 Å². The zero-order chi connectivity index (χ0) is 10.7. The van der Waals surface area contributed by atoms with Gasteiger partial charge < -0.3 is 0 Å². The summed E-state index contributed by atoms with van der Waals surface area (Å²) in [5.41, 5.74) is 1.80. The molecule has 0 amide bonds. The highest BCUT2D eigenvalue weighted by molar-refractivity contribution is 6.30. The van der Waals surface area contributed by atoms with Gasteiger partial charge in [0.2, 0.25) is 0 Å². The van der Waals surface area contributed by atoms with Crippen LogP contribution >= 0.6 is 11.6 Å². The maximum atomic E-state index is 12.9. The zero-order valence-electron chi connectivity index (χ0n) is 7.95. The van der Waals surface area contributed by atoms with Crippen molar-refractivity contribution in [1.82, 2.24) is 0 Å². The van der Waals surface area contributed by atoms with Crippen molar-refractivity contribution < 1.29 is 4.39 Å². The predicted molar refractivity (Wildman–Crippen MR) is 60.4 cm³/mol. The first kappa shape index (κ1) is 10.2. The Kier molecular flexibility index (Phi) is 3.02. The van der Waals surface area contributed by atoms with E-state index in [4.69, 9.17) is 11.6 Å². The van der Waals surface area contributed by atoms with Crippen molar-refractivity contribution in [1.29, 1.82) is 0 Å². The van der Waals surface area contributed by atoms with E-state index in [1.54, 1.807) is 6.07 Å². The number of benzene rings is 2. The fraction of sp³-hybridized carbons (Fsp3) is 0. The Hall–Kier alpha value is -1.34. The highest BCUT2D eigenvalue weighted by atomic mass is 35.5. The van der Waals surface area contributed by atoms with Crippen molar-refractivity contribution in [2.45, 2.75) is 0 Å².